The van der Waals surface area contributed by atoms with E-state index in [2.05, 4.69) is 32.6 Å². The van der Waals surface area contributed by atoms with E-state index < -0.39 is 5.82 Å². The van der Waals surface area contributed by atoms with Crippen LogP contribution in [0.3, 0.4) is 0 Å². The molecule has 0 unspecified atom stereocenters. The minimum Gasteiger partial charge on any atom is -0.358 e. The summed E-state index contributed by atoms with van der Waals surface area (Å²) < 4.78 is 14.1. The van der Waals surface area contributed by atoms with Gasteiger partial charge in [0.15, 0.2) is 11.0 Å². The number of aromatic nitrogens is 2. The molecule has 0 bridgehead atoms. The molecule has 0 saturated carbocycles. The van der Waals surface area contributed by atoms with Crippen molar-refractivity contribution in [2.24, 2.45) is 0 Å². The lowest BCUT2D eigenvalue weighted by Crippen LogP contribution is -1.83. The number of fused-ring (bicyclic) bond motifs is 1. The van der Waals surface area contributed by atoms with E-state index in [9.17, 15) is 4.39 Å². The van der Waals surface area contributed by atoms with Gasteiger partial charge in [-0.1, -0.05) is 11.6 Å². The number of hydrogen-bond acceptors (Lipinski definition) is 1. The molecule has 0 spiro atoms. The van der Waals surface area contributed by atoms with Gasteiger partial charge in [0.2, 0.25) is 0 Å². The van der Waals surface area contributed by atoms with Crippen LogP contribution in [0.5, 0.6) is 0 Å². The number of rotatable bonds is 0. The number of hydrogen-bond donors (Lipinski definition) is 1. The van der Waals surface area contributed by atoms with Crippen molar-refractivity contribution in [3.05, 3.63) is 26.9 Å². The predicted octanol–water partition coefficient (Wildman–Crippen LogP) is 2.96. The maximum atomic E-state index is 13.2. The molecule has 2 aromatic rings. The molecule has 62 valence electrons. The Morgan fingerprint density at radius 3 is 3.08 bits per heavy atom. The van der Waals surface area contributed by atoms with Crippen molar-refractivity contribution in [3.63, 3.8) is 0 Å². The van der Waals surface area contributed by atoms with Crippen molar-refractivity contribution in [1.82, 2.24) is 9.97 Å². The van der Waals surface area contributed by atoms with Gasteiger partial charge in [0.25, 0.3) is 0 Å². The summed E-state index contributed by atoms with van der Waals surface area (Å²) in [7, 11) is 0. The van der Waals surface area contributed by atoms with Gasteiger partial charge in [-0.05, 0) is 22.6 Å². The van der Waals surface area contributed by atoms with Gasteiger partial charge in [0.05, 0.1) is 5.52 Å². The van der Waals surface area contributed by atoms with Gasteiger partial charge < -0.3 is 4.98 Å². The van der Waals surface area contributed by atoms with E-state index in [1.165, 1.54) is 0 Å². The third-order valence-electron chi connectivity index (χ3n) is 1.58. The maximum Gasteiger partial charge on any atom is 0.184 e. The van der Waals surface area contributed by atoms with Crippen molar-refractivity contribution in [1.29, 1.82) is 0 Å². The molecule has 0 aliphatic carbocycles. The topological polar surface area (TPSA) is 28.7 Å². The fourth-order valence-electron chi connectivity index (χ4n) is 0.999. The largest absolute Gasteiger partial charge is 0.358 e. The monoisotopic (exact) mass is 296 g/mol. The first-order chi connectivity index (χ1) is 5.70. The van der Waals surface area contributed by atoms with Crippen molar-refractivity contribution in [3.8, 4) is 0 Å². The molecule has 0 radical (unpaired) electrons. The van der Waals surface area contributed by atoms with Crippen LogP contribution in [0.25, 0.3) is 10.9 Å². The molecular weight excluding hydrogens is 293 g/mol. The first-order valence-electron chi connectivity index (χ1n) is 3.16. The second-order valence-electron chi connectivity index (χ2n) is 2.29. The van der Waals surface area contributed by atoms with E-state index in [1.807, 2.05) is 0 Å². The Morgan fingerprint density at radius 1 is 1.58 bits per heavy atom. The molecule has 0 saturated heterocycles. The zero-order valence-corrected chi connectivity index (χ0v) is 8.65. The van der Waals surface area contributed by atoms with Crippen LogP contribution in [0, 0.1) is 9.39 Å². The molecule has 0 aromatic carbocycles. The molecule has 12 heavy (non-hydrogen) atoms. The minimum absolute atomic E-state index is 0.0965. The summed E-state index contributed by atoms with van der Waals surface area (Å²) in [6.45, 7) is 0. The van der Waals surface area contributed by atoms with Crippen molar-refractivity contribution >= 4 is 45.1 Å². The SMILES string of the molecule is Fc1c(Cl)ncc2c(I)c[nH]c12. The van der Waals surface area contributed by atoms with Crippen LogP contribution in [0.4, 0.5) is 4.39 Å². The van der Waals surface area contributed by atoms with E-state index in [1.54, 1.807) is 12.4 Å². The molecule has 2 nitrogen and oxygen atoms in total. The lowest BCUT2D eigenvalue weighted by molar-refractivity contribution is 0.632. The maximum absolute atomic E-state index is 13.2. The number of H-pyrrole nitrogens is 1. The number of nitrogens with one attached hydrogen (secondary N) is 1. The standard InChI is InChI=1S/C7H3ClFIN2/c8-7-5(9)6-3(1-12-7)4(10)2-11-6/h1-2,11H. The van der Waals surface area contributed by atoms with E-state index >= 15 is 0 Å². The normalized spacial score (nSPS) is 10.9. The quantitative estimate of drug-likeness (QED) is 0.587. The Bertz CT molecular complexity index is 440. The van der Waals surface area contributed by atoms with Crippen molar-refractivity contribution < 1.29 is 4.39 Å². The Balaban J connectivity index is 2.93. The highest BCUT2D eigenvalue weighted by Crippen LogP contribution is 2.24. The van der Waals surface area contributed by atoms with Crippen LogP contribution in [0.1, 0.15) is 0 Å². The number of aromatic amines is 1. The fraction of sp³-hybridized carbons (Fsp3) is 0. The molecule has 0 fully saturated rings. The summed E-state index contributed by atoms with van der Waals surface area (Å²) in [5.74, 6) is -0.489. The van der Waals surface area contributed by atoms with Crippen LogP contribution in [0.2, 0.25) is 5.15 Å². The molecule has 5 heteroatoms. The van der Waals surface area contributed by atoms with Crippen LogP contribution >= 0.6 is 34.2 Å². The lowest BCUT2D eigenvalue weighted by Gasteiger charge is -1.94. The first kappa shape index (κ1) is 8.25. The van der Waals surface area contributed by atoms with Gasteiger partial charge in [-0.15, -0.1) is 0 Å². The number of nitrogens with zero attached hydrogens (tertiary/aromatic N) is 1. The Morgan fingerprint density at radius 2 is 2.33 bits per heavy atom. The van der Waals surface area contributed by atoms with E-state index in [0.717, 1.165) is 8.96 Å². The minimum atomic E-state index is -0.489. The predicted molar refractivity (Wildman–Crippen MR) is 53.8 cm³/mol. The van der Waals surface area contributed by atoms with Gasteiger partial charge in [-0.25, -0.2) is 9.37 Å². The third kappa shape index (κ3) is 1.09. The van der Waals surface area contributed by atoms with E-state index in [-0.39, 0.29) is 5.15 Å². The van der Waals surface area contributed by atoms with Gasteiger partial charge >= 0.3 is 0 Å². The summed E-state index contributed by atoms with van der Waals surface area (Å²) in [6, 6.07) is 0. The molecule has 0 aliphatic rings. The first-order valence-corrected chi connectivity index (χ1v) is 4.62. The Labute approximate surface area is 86.3 Å². The van der Waals surface area contributed by atoms with Gasteiger partial charge in [-0.3, -0.25) is 0 Å². The lowest BCUT2D eigenvalue weighted by atomic mass is 10.3. The van der Waals surface area contributed by atoms with Crippen LogP contribution in [-0.4, -0.2) is 9.97 Å². The van der Waals surface area contributed by atoms with Gasteiger partial charge in [0.1, 0.15) is 0 Å². The Kier molecular flexibility index (Phi) is 1.96. The smallest absolute Gasteiger partial charge is 0.184 e. The molecule has 0 aliphatic heterocycles. The van der Waals surface area contributed by atoms with E-state index in [4.69, 9.17) is 11.6 Å². The van der Waals surface area contributed by atoms with Crippen LogP contribution < -0.4 is 0 Å². The third-order valence-corrected chi connectivity index (χ3v) is 2.73. The second kappa shape index (κ2) is 2.85. The number of pyridine rings is 1. The fourth-order valence-corrected chi connectivity index (χ4v) is 1.71. The molecule has 0 atom stereocenters. The summed E-state index contributed by atoms with van der Waals surface area (Å²) in [5.41, 5.74) is 0.416. The molecular formula is C7H3ClFIN2. The highest BCUT2D eigenvalue weighted by atomic mass is 127. The van der Waals surface area contributed by atoms with Gasteiger partial charge in [0, 0.05) is 21.4 Å². The molecule has 2 aromatic heterocycles. The highest BCUT2D eigenvalue weighted by Gasteiger charge is 2.09. The van der Waals surface area contributed by atoms with E-state index in [0.29, 0.717) is 5.52 Å². The molecule has 1 N–H and O–H groups in total. The summed E-state index contributed by atoms with van der Waals surface area (Å²) >= 11 is 7.59. The average Bonchev–Trinajstić information content (AvgIpc) is 2.41. The number of halogens is 3. The summed E-state index contributed by atoms with van der Waals surface area (Å²) in [4.78, 5) is 6.50. The van der Waals surface area contributed by atoms with Crippen LogP contribution in [0.15, 0.2) is 12.4 Å². The highest BCUT2D eigenvalue weighted by molar-refractivity contribution is 14.1. The average molecular weight is 296 g/mol. The Hall–Kier alpha value is -0.360. The van der Waals surface area contributed by atoms with Crippen LogP contribution in [-0.2, 0) is 0 Å². The van der Waals surface area contributed by atoms with Gasteiger partial charge in [-0.2, -0.15) is 0 Å². The molecule has 0 amide bonds. The molecule has 2 heterocycles. The second-order valence-corrected chi connectivity index (χ2v) is 3.81. The molecule has 2 rings (SSSR count). The zero-order valence-electron chi connectivity index (χ0n) is 5.74. The summed E-state index contributed by atoms with van der Waals surface area (Å²) in [6.07, 6.45) is 3.27. The van der Waals surface area contributed by atoms with Crippen molar-refractivity contribution in [2.75, 3.05) is 0 Å². The zero-order chi connectivity index (χ0) is 8.72. The summed E-state index contributed by atoms with van der Waals surface area (Å²) in [5, 5.41) is 0.665. The van der Waals surface area contributed by atoms with Crippen molar-refractivity contribution in [2.45, 2.75) is 0 Å².